The number of hydrogen-bond acceptors (Lipinski definition) is 11. The molecule has 0 bridgehead atoms. The minimum Gasteiger partial charge on any atom is -0.411 e. The van der Waals surface area contributed by atoms with Crippen molar-refractivity contribution in [3.05, 3.63) is 66.8 Å². The fraction of sp³-hybridized carbons (Fsp3) is 0.806. The van der Waals surface area contributed by atoms with Gasteiger partial charge in [-0.05, 0) is 142 Å². The molecule has 1 aromatic rings. The van der Waals surface area contributed by atoms with Gasteiger partial charge in [0.25, 0.3) is 0 Å². The standard InChI is InChI=1S/C62H106O11SSi2/c1-19-25-52(72-75(15,16)61(9,10)11)59-58(73-76(17,18)62(12,13)14)44(8)57-51(71-59)32-30-47(69-57)37-49(64)60(74(65,66)48-27-22-21-23-28-48)56-43(7)53(34-39(3)20-2)70-55(56)38-54-42(6)40(4)35-46(68-54)29-31-50-41(5)36-45(67-50)26-24-33-63/h19,21-23,25,27-28,39-40,43-47,49-60,63-64H,5-6,20,24,26,29-38H2,1-4,7-18H3/b25-19+/t39-,40-,43+,44+,45+,46+,47?,49?,50?,51+,52+,53-,54?,55+,56-,57-,58+,59+,60?/m1/s1. The van der Waals surface area contributed by atoms with Crippen LogP contribution in [0.1, 0.15) is 160 Å². The van der Waals surface area contributed by atoms with Crippen molar-refractivity contribution in [2.75, 3.05) is 6.61 Å². The van der Waals surface area contributed by atoms with E-state index in [1.807, 2.05) is 13.0 Å². The van der Waals surface area contributed by atoms with E-state index in [0.29, 0.717) is 31.6 Å². The van der Waals surface area contributed by atoms with E-state index in [1.165, 1.54) is 0 Å². The molecule has 5 heterocycles. The van der Waals surface area contributed by atoms with Crippen LogP contribution in [-0.2, 0) is 42.4 Å². The molecule has 434 valence electrons. The van der Waals surface area contributed by atoms with Crippen molar-refractivity contribution in [2.45, 2.75) is 286 Å². The van der Waals surface area contributed by atoms with Gasteiger partial charge in [0, 0.05) is 31.3 Å². The third kappa shape index (κ3) is 14.9. The zero-order valence-corrected chi connectivity index (χ0v) is 52.9. The molecule has 5 aliphatic rings. The number of fused-ring (bicyclic) bond motifs is 1. The van der Waals surface area contributed by atoms with E-state index in [1.54, 1.807) is 24.3 Å². The summed E-state index contributed by atoms with van der Waals surface area (Å²) >= 11 is 0. The van der Waals surface area contributed by atoms with Crippen LogP contribution in [-0.4, -0.2) is 126 Å². The third-order valence-corrected chi connectivity index (χ3v) is 30.8. The Kier molecular flexibility index (Phi) is 21.9. The summed E-state index contributed by atoms with van der Waals surface area (Å²) in [4.78, 5) is 0.197. The molecule has 5 saturated heterocycles. The van der Waals surface area contributed by atoms with Crippen molar-refractivity contribution < 1.29 is 51.2 Å². The van der Waals surface area contributed by atoms with Crippen LogP contribution in [0.3, 0.4) is 0 Å². The van der Waals surface area contributed by atoms with E-state index >= 15 is 8.42 Å². The Morgan fingerprint density at radius 2 is 1.47 bits per heavy atom. The molecule has 0 radical (unpaired) electrons. The summed E-state index contributed by atoms with van der Waals surface area (Å²) in [6, 6.07) is 8.68. The van der Waals surface area contributed by atoms with Gasteiger partial charge in [-0.3, -0.25) is 0 Å². The van der Waals surface area contributed by atoms with Gasteiger partial charge in [0.2, 0.25) is 0 Å². The molecule has 0 saturated carbocycles. The Hall–Kier alpha value is -1.54. The lowest BCUT2D eigenvalue weighted by Gasteiger charge is -2.54. The fourth-order valence-corrected chi connectivity index (χ4v) is 17.3. The van der Waals surface area contributed by atoms with Gasteiger partial charge < -0.3 is 42.7 Å². The van der Waals surface area contributed by atoms with Gasteiger partial charge in [-0.1, -0.05) is 126 Å². The lowest BCUT2D eigenvalue weighted by molar-refractivity contribution is -0.253. The summed E-state index contributed by atoms with van der Waals surface area (Å²) in [6.07, 6.45) is 8.37. The van der Waals surface area contributed by atoms with Crippen molar-refractivity contribution in [3.8, 4) is 0 Å². The van der Waals surface area contributed by atoms with Crippen molar-refractivity contribution in [3.63, 3.8) is 0 Å². The SMILES string of the molecule is C=C1C[C@H](CCCO)OC1CC[C@H]1C[C@@H](C)C(=C)C(C[C@@H]2O[C@H](C[C@H](C)CC)[C@H](C)[C@H]2C(C(O)CC2CC[C@@H]3O[C@@H]([C@H](/C=C/C)O[Si](C)(C)C(C)(C)C)[C@@H](O[Si](C)(C)C(C)(C)C)[C@@H](C)[C@H]3O2)S(=O)(=O)c2ccccc2)O1. The smallest absolute Gasteiger partial charge is 0.193 e. The van der Waals surface area contributed by atoms with Crippen molar-refractivity contribution >= 4 is 26.5 Å². The van der Waals surface area contributed by atoms with E-state index in [-0.39, 0.29) is 107 Å². The minimum absolute atomic E-state index is 0.00940. The van der Waals surface area contributed by atoms with Gasteiger partial charge in [-0.25, -0.2) is 8.42 Å². The molecule has 14 heteroatoms. The van der Waals surface area contributed by atoms with Crippen LogP contribution in [0.25, 0.3) is 0 Å². The molecule has 2 N–H and O–H groups in total. The number of sulfone groups is 1. The molecule has 1 aromatic carbocycles. The maximum absolute atomic E-state index is 15.5. The largest absolute Gasteiger partial charge is 0.411 e. The van der Waals surface area contributed by atoms with Crippen molar-refractivity contribution in [1.82, 2.24) is 0 Å². The van der Waals surface area contributed by atoms with Crippen molar-refractivity contribution in [1.29, 1.82) is 0 Å². The van der Waals surface area contributed by atoms with Crippen LogP contribution in [0, 0.1) is 29.6 Å². The number of ether oxygens (including phenoxy) is 5. The summed E-state index contributed by atoms with van der Waals surface area (Å²) in [5.74, 6) is -0.261. The second kappa shape index (κ2) is 26.1. The lowest BCUT2D eigenvalue weighted by atomic mass is 9.77. The Morgan fingerprint density at radius 3 is 2.09 bits per heavy atom. The Labute approximate surface area is 464 Å². The summed E-state index contributed by atoms with van der Waals surface area (Å²) < 4.78 is 80.7. The van der Waals surface area contributed by atoms with Crippen molar-refractivity contribution in [2.24, 2.45) is 29.6 Å². The predicted molar refractivity (Wildman–Crippen MR) is 312 cm³/mol. The molecule has 6 rings (SSSR count). The van der Waals surface area contributed by atoms with Crippen LogP contribution >= 0.6 is 0 Å². The molecule has 0 spiro atoms. The van der Waals surface area contributed by atoms with Gasteiger partial charge >= 0.3 is 0 Å². The van der Waals surface area contributed by atoms with E-state index in [0.717, 1.165) is 56.1 Å². The molecule has 0 aliphatic carbocycles. The molecule has 5 fully saturated rings. The molecule has 11 nitrogen and oxygen atoms in total. The summed E-state index contributed by atoms with van der Waals surface area (Å²) in [7, 11) is -8.74. The first kappa shape index (κ1) is 63.6. The topological polar surface area (TPSA) is 139 Å². The van der Waals surface area contributed by atoms with Crippen LogP contribution in [0.5, 0.6) is 0 Å². The number of benzene rings is 1. The molecule has 19 atom stereocenters. The van der Waals surface area contributed by atoms with Gasteiger partial charge in [0.15, 0.2) is 26.5 Å². The summed E-state index contributed by atoms with van der Waals surface area (Å²) in [6.45, 7) is 44.9. The number of aliphatic hydroxyl groups excluding tert-OH is 2. The third-order valence-electron chi connectivity index (χ3n) is 19.6. The maximum atomic E-state index is 15.5. The van der Waals surface area contributed by atoms with Gasteiger partial charge in [-0.15, -0.1) is 0 Å². The normalized spacial score (nSPS) is 34.8. The van der Waals surface area contributed by atoms with E-state index in [4.69, 9.17) is 32.5 Å². The number of allylic oxidation sites excluding steroid dienone is 1. The Morgan fingerprint density at radius 1 is 0.816 bits per heavy atom. The quantitative estimate of drug-likeness (QED) is 0.0800. The van der Waals surface area contributed by atoms with E-state index < -0.39 is 56.0 Å². The molecular formula is C62H106O11SSi2. The number of rotatable bonds is 23. The zero-order chi connectivity index (χ0) is 56.3. The van der Waals surface area contributed by atoms with Gasteiger partial charge in [0.05, 0.1) is 83.4 Å². The number of hydrogen-bond donors (Lipinski definition) is 2. The zero-order valence-electron chi connectivity index (χ0n) is 50.1. The maximum Gasteiger partial charge on any atom is 0.193 e. The molecule has 76 heavy (non-hydrogen) atoms. The Bertz CT molecular complexity index is 2170. The Balaban J connectivity index is 1.29. The predicted octanol–water partition coefficient (Wildman–Crippen LogP) is 13.4. The van der Waals surface area contributed by atoms with Crippen LogP contribution in [0.2, 0.25) is 36.3 Å². The second-order valence-electron chi connectivity index (χ2n) is 27.3. The molecule has 5 aliphatic heterocycles. The highest BCUT2D eigenvalue weighted by Crippen LogP contribution is 2.49. The van der Waals surface area contributed by atoms with E-state index in [9.17, 15) is 10.2 Å². The highest BCUT2D eigenvalue weighted by Gasteiger charge is 2.57. The lowest BCUT2D eigenvalue weighted by Crippen LogP contribution is -2.64. The van der Waals surface area contributed by atoms with Gasteiger partial charge in [0.1, 0.15) is 6.10 Å². The van der Waals surface area contributed by atoms with E-state index in [2.05, 4.69) is 128 Å². The summed E-state index contributed by atoms with van der Waals surface area (Å²) in [5, 5.41) is 21.2. The molecule has 0 aromatic heterocycles. The first-order valence-electron chi connectivity index (χ1n) is 29.6. The van der Waals surface area contributed by atoms with Crippen LogP contribution < -0.4 is 0 Å². The highest BCUT2D eigenvalue weighted by atomic mass is 32.2. The average Bonchev–Trinajstić information content (AvgIpc) is 3.85. The summed E-state index contributed by atoms with van der Waals surface area (Å²) in [5.41, 5.74) is 2.11. The monoisotopic (exact) mass is 1110 g/mol. The first-order valence-corrected chi connectivity index (χ1v) is 37.0. The first-order chi connectivity index (χ1) is 35.4. The fourth-order valence-electron chi connectivity index (χ4n) is 12.5. The second-order valence-corrected chi connectivity index (χ2v) is 38.9. The van der Waals surface area contributed by atoms with Crippen LogP contribution in [0.4, 0.5) is 0 Å². The molecular weight excluding hydrogens is 1010 g/mol. The van der Waals surface area contributed by atoms with Gasteiger partial charge in [-0.2, -0.15) is 0 Å². The average molecular weight is 1120 g/mol. The highest BCUT2D eigenvalue weighted by molar-refractivity contribution is 7.92. The number of aliphatic hydroxyl groups is 2. The molecule has 0 amide bonds. The molecule has 5 unspecified atom stereocenters. The van der Waals surface area contributed by atoms with Crippen LogP contribution in [0.15, 0.2) is 71.7 Å². The minimum atomic E-state index is -4.13.